The second-order valence-electron chi connectivity index (χ2n) is 6.12. The van der Waals surface area contributed by atoms with Crippen LogP contribution in [-0.4, -0.2) is 47.3 Å². The van der Waals surface area contributed by atoms with Gasteiger partial charge in [-0.2, -0.15) is 26.3 Å². The van der Waals surface area contributed by atoms with E-state index in [0.717, 1.165) is 4.90 Å². The third-order valence-corrected chi connectivity index (χ3v) is 4.24. The van der Waals surface area contributed by atoms with Crippen LogP contribution in [0.25, 0.3) is 0 Å². The minimum atomic E-state index is -4.75. The number of carboxylic acid groups (broad SMARTS) is 1. The molecular formula is C16H15F6NO3. The number of carbonyl (C=O) groups excluding carboxylic acids is 1. The Morgan fingerprint density at radius 2 is 1.62 bits per heavy atom. The van der Waals surface area contributed by atoms with E-state index in [1.165, 1.54) is 24.3 Å². The number of nitrogens with zero attached hydrogens (tertiary/aromatic N) is 1. The van der Waals surface area contributed by atoms with Crippen LogP contribution in [0.3, 0.4) is 0 Å². The normalized spacial score (nSPS) is 21.1. The number of likely N-dealkylation sites (tertiary alicyclic amines) is 1. The molecule has 1 aromatic carbocycles. The Morgan fingerprint density at radius 1 is 1.04 bits per heavy atom. The highest BCUT2D eigenvalue weighted by atomic mass is 19.4. The molecule has 0 spiro atoms. The van der Waals surface area contributed by atoms with Crippen LogP contribution in [0.5, 0.6) is 0 Å². The summed E-state index contributed by atoms with van der Waals surface area (Å²) in [5.41, 5.74) is 0.324. The molecule has 10 heteroatoms. The monoisotopic (exact) mass is 383 g/mol. The molecule has 26 heavy (non-hydrogen) atoms. The number of carbonyl (C=O) groups is 2. The number of carboxylic acids is 1. The van der Waals surface area contributed by atoms with Gasteiger partial charge in [-0.15, -0.1) is 0 Å². The van der Waals surface area contributed by atoms with Crippen LogP contribution in [0, 0.1) is 11.8 Å². The van der Waals surface area contributed by atoms with Gasteiger partial charge in [-0.3, -0.25) is 9.59 Å². The van der Waals surface area contributed by atoms with Crippen molar-refractivity contribution in [2.75, 3.05) is 13.1 Å². The average molecular weight is 383 g/mol. The summed E-state index contributed by atoms with van der Waals surface area (Å²) in [7, 11) is 0. The molecule has 0 aliphatic carbocycles. The zero-order valence-electron chi connectivity index (χ0n) is 13.3. The van der Waals surface area contributed by atoms with Gasteiger partial charge < -0.3 is 10.0 Å². The summed E-state index contributed by atoms with van der Waals surface area (Å²) in [4.78, 5) is 24.1. The number of hydrogen-bond acceptors (Lipinski definition) is 2. The van der Waals surface area contributed by atoms with Gasteiger partial charge in [0.1, 0.15) is 0 Å². The fourth-order valence-electron chi connectivity index (χ4n) is 2.83. The van der Waals surface area contributed by atoms with Gasteiger partial charge in [-0.1, -0.05) is 12.1 Å². The lowest BCUT2D eigenvalue weighted by molar-refractivity contribution is -0.187. The topological polar surface area (TPSA) is 57.6 Å². The number of hydrogen-bond donors (Lipinski definition) is 1. The number of amides is 1. The van der Waals surface area contributed by atoms with Gasteiger partial charge in [0.25, 0.3) is 5.91 Å². The first-order chi connectivity index (χ1) is 11.9. The number of aliphatic carboxylic acids is 1. The molecule has 0 aromatic heterocycles. The highest BCUT2D eigenvalue weighted by Crippen LogP contribution is 2.38. The SMILES string of the molecule is O=C(O)[C@@H]1CN(C(=O)c2ccc(CCC(F)(F)F)cc2)C[C@H]1C(F)(F)F. The molecule has 1 amide bonds. The molecular weight excluding hydrogens is 368 g/mol. The number of aryl methyl sites for hydroxylation is 1. The van der Waals surface area contributed by atoms with Crippen molar-refractivity contribution in [3.63, 3.8) is 0 Å². The van der Waals surface area contributed by atoms with E-state index in [2.05, 4.69) is 0 Å². The Balaban J connectivity index is 2.08. The van der Waals surface area contributed by atoms with Gasteiger partial charge in [0.05, 0.1) is 11.8 Å². The molecule has 1 saturated heterocycles. The number of benzene rings is 1. The van der Waals surface area contributed by atoms with E-state index in [4.69, 9.17) is 5.11 Å². The molecule has 0 radical (unpaired) electrons. The van der Waals surface area contributed by atoms with Crippen molar-refractivity contribution in [2.24, 2.45) is 11.8 Å². The highest BCUT2D eigenvalue weighted by molar-refractivity contribution is 5.95. The summed E-state index contributed by atoms with van der Waals surface area (Å²) in [6.45, 7) is -1.34. The Hall–Kier alpha value is -2.26. The van der Waals surface area contributed by atoms with Crippen molar-refractivity contribution in [3.05, 3.63) is 35.4 Å². The fourth-order valence-corrected chi connectivity index (χ4v) is 2.83. The maximum atomic E-state index is 13.0. The first-order valence-corrected chi connectivity index (χ1v) is 7.63. The van der Waals surface area contributed by atoms with Crippen molar-refractivity contribution in [1.82, 2.24) is 4.90 Å². The van der Waals surface area contributed by atoms with Crippen LogP contribution in [-0.2, 0) is 11.2 Å². The van der Waals surface area contributed by atoms with Gasteiger partial charge in [-0.25, -0.2) is 0 Å². The van der Waals surface area contributed by atoms with Crippen LogP contribution in [0.4, 0.5) is 26.3 Å². The number of halogens is 6. The van der Waals surface area contributed by atoms with Crippen molar-refractivity contribution in [2.45, 2.75) is 25.2 Å². The molecule has 2 atom stereocenters. The molecule has 0 unspecified atom stereocenters. The lowest BCUT2D eigenvalue weighted by Gasteiger charge is -2.18. The Kier molecular flexibility index (Phi) is 5.52. The summed E-state index contributed by atoms with van der Waals surface area (Å²) >= 11 is 0. The minimum absolute atomic E-state index is 0.00674. The quantitative estimate of drug-likeness (QED) is 0.810. The Morgan fingerprint density at radius 3 is 2.04 bits per heavy atom. The van der Waals surface area contributed by atoms with E-state index in [1.807, 2.05) is 0 Å². The lowest BCUT2D eigenvalue weighted by atomic mass is 9.96. The van der Waals surface area contributed by atoms with E-state index in [-0.39, 0.29) is 12.0 Å². The van der Waals surface area contributed by atoms with Gasteiger partial charge in [0, 0.05) is 25.1 Å². The summed E-state index contributed by atoms with van der Waals surface area (Å²) in [5, 5.41) is 8.95. The van der Waals surface area contributed by atoms with Crippen molar-refractivity contribution in [1.29, 1.82) is 0 Å². The van der Waals surface area contributed by atoms with Gasteiger partial charge in [0.15, 0.2) is 0 Å². The predicted molar refractivity (Wildman–Crippen MR) is 77.4 cm³/mol. The summed E-state index contributed by atoms with van der Waals surface area (Å²) < 4.78 is 75.4. The standard InChI is InChI=1S/C16H15F6NO3/c17-15(18,19)6-5-9-1-3-10(4-2-9)13(24)23-7-11(14(25)26)12(8-23)16(20,21)22/h1-4,11-12H,5-8H2,(H,25,26)/t11-,12-/m1/s1. The third-order valence-electron chi connectivity index (χ3n) is 4.24. The van der Waals surface area contributed by atoms with Crippen molar-refractivity contribution in [3.8, 4) is 0 Å². The van der Waals surface area contributed by atoms with Gasteiger partial charge in [-0.05, 0) is 24.1 Å². The predicted octanol–water partition coefficient (Wildman–Crippen LogP) is 3.52. The highest BCUT2D eigenvalue weighted by Gasteiger charge is 2.53. The van der Waals surface area contributed by atoms with Crippen LogP contribution in [0.15, 0.2) is 24.3 Å². The molecule has 1 fully saturated rings. The molecule has 1 aliphatic rings. The lowest BCUT2D eigenvalue weighted by Crippen LogP contribution is -2.34. The van der Waals surface area contributed by atoms with Gasteiger partial charge in [0.2, 0.25) is 0 Å². The van der Waals surface area contributed by atoms with E-state index in [0.29, 0.717) is 5.56 Å². The maximum absolute atomic E-state index is 13.0. The minimum Gasteiger partial charge on any atom is -0.481 e. The third kappa shape index (κ3) is 4.89. The molecule has 4 nitrogen and oxygen atoms in total. The molecule has 2 rings (SSSR count). The van der Waals surface area contributed by atoms with E-state index < -0.39 is 55.6 Å². The average Bonchev–Trinajstić information content (AvgIpc) is 2.98. The second kappa shape index (κ2) is 7.16. The second-order valence-corrected chi connectivity index (χ2v) is 6.12. The van der Waals surface area contributed by atoms with Crippen LogP contribution >= 0.6 is 0 Å². The largest absolute Gasteiger partial charge is 0.481 e. The molecule has 1 heterocycles. The summed E-state index contributed by atoms with van der Waals surface area (Å²) in [6, 6.07) is 5.05. The number of rotatable bonds is 4. The first-order valence-electron chi connectivity index (χ1n) is 7.63. The molecule has 0 saturated carbocycles. The first kappa shape index (κ1) is 20.1. The summed E-state index contributed by atoms with van der Waals surface area (Å²) in [5.74, 6) is -6.32. The maximum Gasteiger partial charge on any atom is 0.394 e. The molecule has 0 bridgehead atoms. The van der Waals surface area contributed by atoms with E-state index in [1.54, 1.807) is 0 Å². The fraction of sp³-hybridized carbons (Fsp3) is 0.500. The zero-order chi connectivity index (χ0) is 19.7. The number of alkyl halides is 6. The van der Waals surface area contributed by atoms with Gasteiger partial charge >= 0.3 is 18.3 Å². The van der Waals surface area contributed by atoms with E-state index in [9.17, 15) is 35.9 Å². The molecule has 144 valence electrons. The Bertz CT molecular complexity index is 668. The molecule has 1 N–H and O–H groups in total. The Labute approximate surface area is 144 Å². The van der Waals surface area contributed by atoms with Crippen LogP contribution < -0.4 is 0 Å². The van der Waals surface area contributed by atoms with Crippen molar-refractivity contribution < 1.29 is 41.0 Å². The van der Waals surface area contributed by atoms with Crippen LogP contribution in [0.1, 0.15) is 22.3 Å². The molecule has 1 aromatic rings. The van der Waals surface area contributed by atoms with Crippen molar-refractivity contribution >= 4 is 11.9 Å². The molecule has 1 aliphatic heterocycles. The smallest absolute Gasteiger partial charge is 0.394 e. The van der Waals surface area contributed by atoms with Crippen LogP contribution in [0.2, 0.25) is 0 Å². The van der Waals surface area contributed by atoms with E-state index >= 15 is 0 Å². The zero-order valence-corrected chi connectivity index (χ0v) is 13.3. The summed E-state index contributed by atoms with van der Waals surface area (Å²) in [6.07, 6.45) is -10.4.